The maximum Gasteiger partial charge on any atom is 0.126 e. The van der Waals surface area contributed by atoms with Crippen LogP contribution in [0.4, 0.5) is 8.78 Å². The Morgan fingerprint density at radius 2 is 1.72 bits per heavy atom. The van der Waals surface area contributed by atoms with Crippen LogP contribution in [-0.2, 0) is 6.42 Å². The molecule has 0 radical (unpaired) electrons. The van der Waals surface area contributed by atoms with E-state index in [0.29, 0.717) is 12.5 Å². The normalized spacial score (nSPS) is 14.8. The summed E-state index contributed by atoms with van der Waals surface area (Å²) in [5.41, 5.74) is 0.743. The van der Waals surface area contributed by atoms with Crippen LogP contribution in [0.1, 0.15) is 39.7 Å². The van der Waals surface area contributed by atoms with E-state index in [-0.39, 0.29) is 5.41 Å². The van der Waals surface area contributed by atoms with E-state index in [1.165, 1.54) is 12.1 Å². The van der Waals surface area contributed by atoms with Gasteiger partial charge in [0, 0.05) is 18.7 Å². The molecule has 18 heavy (non-hydrogen) atoms. The monoisotopic (exact) mass is 255 g/mol. The van der Waals surface area contributed by atoms with Gasteiger partial charge in [-0.2, -0.15) is 0 Å². The molecular formula is C15H23F2N. The van der Waals surface area contributed by atoms with Crippen molar-refractivity contribution < 1.29 is 8.78 Å². The molecule has 1 unspecified atom stereocenters. The van der Waals surface area contributed by atoms with Crippen LogP contribution in [0, 0.1) is 17.0 Å². The Morgan fingerprint density at radius 3 is 2.17 bits per heavy atom. The standard InChI is InChI=1S/C15H23F2N/c1-5-15(4,10-18-11(2)3)9-12-6-13(16)8-14(17)7-12/h6-8,11,18H,5,9-10H2,1-4H3. The van der Waals surface area contributed by atoms with E-state index in [0.717, 1.165) is 24.6 Å². The first-order valence-corrected chi connectivity index (χ1v) is 6.53. The number of hydrogen-bond acceptors (Lipinski definition) is 1. The Labute approximate surface area is 109 Å². The third kappa shape index (κ3) is 4.73. The minimum absolute atomic E-state index is 0.0184. The number of hydrogen-bond donors (Lipinski definition) is 1. The molecule has 1 rings (SSSR count). The van der Waals surface area contributed by atoms with E-state index in [1.807, 2.05) is 0 Å². The molecule has 1 atom stereocenters. The summed E-state index contributed by atoms with van der Waals surface area (Å²) in [5, 5.41) is 3.40. The van der Waals surface area contributed by atoms with Crippen LogP contribution < -0.4 is 5.32 Å². The summed E-state index contributed by atoms with van der Waals surface area (Å²) in [7, 11) is 0. The summed E-state index contributed by atoms with van der Waals surface area (Å²) in [4.78, 5) is 0. The Bertz CT molecular complexity index is 370. The lowest BCUT2D eigenvalue weighted by molar-refractivity contribution is 0.280. The summed E-state index contributed by atoms with van der Waals surface area (Å²) in [6, 6.07) is 4.18. The average molecular weight is 255 g/mol. The fraction of sp³-hybridized carbons (Fsp3) is 0.600. The van der Waals surface area contributed by atoms with E-state index >= 15 is 0 Å². The van der Waals surface area contributed by atoms with Crippen molar-refractivity contribution in [2.24, 2.45) is 5.41 Å². The second-order valence-corrected chi connectivity index (χ2v) is 5.65. The molecule has 1 aromatic carbocycles. The highest BCUT2D eigenvalue weighted by Gasteiger charge is 2.23. The summed E-state index contributed by atoms with van der Waals surface area (Å²) >= 11 is 0. The van der Waals surface area contributed by atoms with Gasteiger partial charge in [0.2, 0.25) is 0 Å². The summed E-state index contributed by atoms with van der Waals surface area (Å²) in [6.45, 7) is 9.29. The zero-order chi connectivity index (χ0) is 13.8. The zero-order valence-electron chi connectivity index (χ0n) is 11.7. The Morgan fingerprint density at radius 1 is 1.17 bits per heavy atom. The molecule has 0 heterocycles. The topological polar surface area (TPSA) is 12.0 Å². The molecule has 0 saturated heterocycles. The van der Waals surface area contributed by atoms with Gasteiger partial charge < -0.3 is 5.32 Å². The lowest BCUT2D eigenvalue weighted by Crippen LogP contribution is -2.36. The maximum atomic E-state index is 13.2. The lowest BCUT2D eigenvalue weighted by atomic mass is 9.81. The molecular weight excluding hydrogens is 232 g/mol. The van der Waals surface area contributed by atoms with Gasteiger partial charge in [-0.15, -0.1) is 0 Å². The van der Waals surface area contributed by atoms with E-state index < -0.39 is 11.6 Å². The summed E-state index contributed by atoms with van der Waals surface area (Å²) in [5.74, 6) is -0.999. The molecule has 3 heteroatoms. The van der Waals surface area contributed by atoms with Crippen LogP contribution in [0.2, 0.25) is 0 Å². The van der Waals surface area contributed by atoms with E-state index in [2.05, 4.69) is 33.0 Å². The highest BCUT2D eigenvalue weighted by atomic mass is 19.1. The molecule has 0 aliphatic rings. The molecule has 0 fully saturated rings. The van der Waals surface area contributed by atoms with Gasteiger partial charge in [0.05, 0.1) is 0 Å². The minimum Gasteiger partial charge on any atom is -0.314 e. The molecule has 0 aliphatic carbocycles. The van der Waals surface area contributed by atoms with Crippen molar-refractivity contribution in [2.75, 3.05) is 6.54 Å². The Hall–Kier alpha value is -0.960. The third-order valence-electron chi connectivity index (χ3n) is 3.34. The van der Waals surface area contributed by atoms with Crippen LogP contribution in [0.3, 0.4) is 0 Å². The van der Waals surface area contributed by atoms with Gasteiger partial charge in [-0.05, 0) is 36.0 Å². The van der Waals surface area contributed by atoms with Gasteiger partial charge in [0.1, 0.15) is 11.6 Å². The first kappa shape index (κ1) is 15.1. The minimum atomic E-state index is -0.500. The van der Waals surface area contributed by atoms with E-state index in [9.17, 15) is 8.78 Å². The fourth-order valence-corrected chi connectivity index (χ4v) is 1.97. The van der Waals surface area contributed by atoms with Crippen molar-refractivity contribution in [2.45, 2.75) is 46.6 Å². The van der Waals surface area contributed by atoms with E-state index in [1.54, 1.807) is 0 Å². The Balaban J connectivity index is 2.77. The van der Waals surface area contributed by atoms with Crippen molar-refractivity contribution >= 4 is 0 Å². The lowest BCUT2D eigenvalue weighted by Gasteiger charge is -2.30. The molecule has 0 saturated carbocycles. The molecule has 0 aliphatic heterocycles. The first-order valence-electron chi connectivity index (χ1n) is 6.53. The average Bonchev–Trinajstić information content (AvgIpc) is 2.25. The van der Waals surface area contributed by atoms with Crippen LogP contribution in [0.5, 0.6) is 0 Å². The number of halogens is 2. The SMILES string of the molecule is CCC(C)(CNC(C)C)Cc1cc(F)cc(F)c1. The summed E-state index contributed by atoms with van der Waals surface area (Å²) in [6.07, 6.45) is 1.64. The van der Waals surface area contributed by atoms with Crippen molar-refractivity contribution in [3.63, 3.8) is 0 Å². The molecule has 0 spiro atoms. The quantitative estimate of drug-likeness (QED) is 0.812. The van der Waals surface area contributed by atoms with Crippen molar-refractivity contribution in [1.82, 2.24) is 5.32 Å². The highest BCUT2D eigenvalue weighted by molar-refractivity contribution is 5.19. The second-order valence-electron chi connectivity index (χ2n) is 5.65. The molecule has 1 nitrogen and oxygen atoms in total. The molecule has 102 valence electrons. The number of benzene rings is 1. The molecule has 0 aromatic heterocycles. The van der Waals surface area contributed by atoms with Gasteiger partial charge in [-0.1, -0.05) is 27.7 Å². The maximum absolute atomic E-state index is 13.2. The Kier molecular flexibility index (Phi) is 5.27. The van der Waals surface area contributed by atoms with Gasteiger partial charge in [0.15, 0.2) is 0 Å². The van der Waals surface area contributed by atoms with Crippen molar-refractivity contribution in [3.8, 4) is 0 Å². The van der Waals surface area contributed by atoms with Crippen molar-refractivity contribution in [1.29, 1.82) is 0 Å². The molecule has 0 bridgehead atoms. The van der Waals surface area contributed by atoms with Gasteiger partial charge >= 0.3 is 0 Å². The molecule has 0 amide bonds. The number of nitrogens with one attached hydrogen (secondary N) is 1. The predicted octanol–water partition coefficient (Wildman–Crippen LogP) is 3.92. The van der Waals surface area contributed by atoms with Crippen LogP contribution in [-0.4, -0.2) is 12.6 Å². The van der Waals surface area contributed by atoms with Crippen LogP contribution in [0.15, 0.2) is 18.2 Å². The molecule has 1 aromatic rings. The second kappa shape index (κ2) is 6.28. The first-order chi connectivity index (χ1) is 8.34. The van der Waals surface area contributed by atoms with Crippen LogP contribution in [0.25, 0.3) is 0 Å². The van der Waals surface area contributed by atoms with Gasteiger partial charge in [0.25, 0.3) is 0 Å². The fourth-order valence-electron chi connectivity index (χ4n) is 1.97. The number of rotatable bonds is 6. The summed E-state index contributed by atoms with van der Waals surface area (Å²) < 4.78 is 26.3. The largest absolute Gasteiger partial charge is 0.314 e. The third-order valence-corrected chi connectivity index (χ3v) is 3.34. The predicted molar refractivity (Wildman–Crippen MR) is 71.6 cm³/mol. The van der Waals surface area contributed by atoms with Gasteiger partial charge in [-0.25, -0.2) is 8.78 Å². The zero-order valence-corrected chi connectivity index (χ0v) is 11.7. The van der Waals surface area contributed by atoms with Gasteiger partial charge in [-0.3, -0.25) is 0 Å². The molecule has 1 N–H and O–H groups in total. The van der Waals surface area contributed by atoms with Crippen molar-refractivity contribution in [3.05, 3.63) is 35.4 Å². The van der Waals surface area contributed by atoms with E-state index in [4.69, 9.17) is 0 Å². The highest BCUT2D eigenvalue weighted by Crippen LogP contribution is 2.26. The van der Waals surface area contributed by atoms with Crippen LogP contribution >= 0.6 is 0 Å². The smallest absolute Gasteiger partial charge is 0.126 e.